The Morgan fingerprint density at radius 1 is 1.15 bits per heavy atom. The summed E-state index contributed by atoms with van der Waals surface area (Å²) in [7, 11) is 1.69. The third-order valence-electron chi connectivity index (χ3n) is 5.81. The third kappa shape index (κ3) is 4.16. The maximum Gasteiger partial charge on any atom is 0.170 e. The van der Waals surface area contributed by atoms with E-state index in [0.29, 0.717) is 0 Å². The van der Waals surface area contributed by atoms with Gasteiger partial charge in [0.25, 0.3) is 0 Å². The molecule has 4 heteroatoms. The molecule has 1 aliphatic rings. The SMILES string of the molecule is COc1cc2onc(CCC3CCN(Cc4ccccc4)CC3)c2cc1C. The zero-order valence-electron chi connectivity index (χ0n) is 16.3. The second-order valence-electron chi connectivity index (χ2n) is 7.69. The van der Waals surface area contributed by atoms with Gasteiger partial charge in [0, 0.05) is 18.0 Å². The Bertz CT molecular complexity index is 880. The third-order valence-corrected chi connectivity index (χ3v) is 5.81. The molecule has 0 atom stereocenters. The molecule has 0 radical (unpaired) electrons. The molecule has 0 amide bonds. The van der Waals surface area contributed by atoms with Gasteiger partial charge in [0.05, 0.1) is 12.8 Å². The van der Waals surface area contributed by atoms with E-state index in [-0.39, 0.29) is 0 Å². The van der Waals surface area contributed by atoms with Crippen LogP contribution >= 0.6 is 0 Å². The molecule has 0 unspecified atom stereocenters. The Morgan fingerprint density at radius 3 is 2.67 bits per heavy atom. The zero-order chi connectivity index (χ0) is 18.6. The fourth-order valence-electron chi connectivity index (χ4n) is 4.14. The molecule has 0 spiro atoms. The Kier molecular flexibility index (Phi) is 5.44. The molecule has 1 fully saturated rings. The van der Waals surface area contributed by atoms with Crippen LogP contribution in [0.15, 0.2) is 47.0 Å². The van der Waals surface area contributed by atoms with E-state index in [9.17, 15) is 0 Å². The number of hydrogen-bond acceptors (Lipinski definition) is 4. The number of likely N-dealkylation sites (tertiary alicyclic amines) is 1. The summed E-state index contributed by atoms with van der Waals surface area (Å²) in [5.74, 6) is 1.64. The first-order chi connectivity index (χ1) is 13.2. The summed E-state index contributed by atoms with van der Waals surface area (Å²) in [5.41, 5.74) is 4.45. The molecule has 2 heterocycles. The van der Waals surface area contributed by atoms with Crippen molar-refractivity contribution in [2.24, 2.45) is 5.92 Å². The predicted octanol–water partition coefficient (Wildman–Crippen LogP) is 4.99. The van der Waals surface area contributed by atoms with Gasteiger partial charge in [-0.15, -0.1) is 0 Å². The van der Waals surface area contributed by atoms with Crippen molar-refractivity contribution in [3.8, 4) is 5.75 Å². The van der Waals surface area contributed by atoms with Crippen molar-refractivity contribution in [2.45, 2.75) is 39.2 Å². The first-order valence-corrected chi connectivity index (χ1v) is 9.92. The van der Waals surface area contributed by atoms with Crippen LogP contribution in [0.2, 0.25) is 0 Å². The molecule has 0 bridgehead atoms. The number of aromatic nitrogens is 1. The lowest BCUT2D eigenvalue weighted by atomic mass is 9.91. The topological polar surface area (TPSA) is 38.5 Å². The van der Waals surface area contributed by atoms with Gasteiger partial charge in [-0.2, -0.15) is 0 Å². The molecule has 1 aliphatic heterocycles. The van der Waals surface area contributed by atoms with Crippen LogP contribution in [0.25, 0.3) is 11.0 Å². The van der Waals surface area contributed by atoms with Crippen LogP contribution in [0.1, 0.15) is 36.1 Å². The zero-order valence-corrected chi connectivity index (χ0v) is 16.3. The number of piperidine rings is 1. The van der Waals surface area contributed by atoms with Gasteiger partial charge in [-0.25, -0.2) is 0 Å². The molecule has 1 saturated heterocycles. The summed E-state index contributed by atoms with van der Waals surface area (Å²) in [5, 5.41) is 5.46. The quantitative estimate of drug-likeness (QED) is 0.618. The fraction of sp³-hybridized carbons (Fsp3) is 0.435. The Balaban J connectivity index is 1.31. The van der Waals surface area contributed by atoms with E-state index in [4.69, 9.17) is 9.26 Å². The maximum absolute atomic E-state index is 5.53. The van der Waals surface area contributed by atoms with E-state index in [0.717, 1.165) is 46.9 Å². The number of ether oxygens (including phenoxy) is 1. The molecule has 1 aromatic heterocycles. The smallest absolute Gasteiger partial charge is 0.170 e. The van der Waals surface area contributed by atoms with Crippen LogP contribution in [-0.2, 0) is 13.0 Å². The Morgan fingerprint density at radius 2 is 1.93 bits per heavy atom. The first-order valence-electron chi connectivity index (χ1n) is 9.92. The largest absolute Gasteiger partial charge is 0.496 e. The number of methoxy groups -OCH3 is 1. The van der Waals surface area contributed by atoms with Crippen molar-refractivity contribution in [3.63, 3.8) is 0 Å². The molecule has 3 aromatic rings. The van der Waals surface area contributed by atoms with Gasteiger partial charge in [-0.05, 0) is 68.8 Å². The summed E-state index contributed by atoms with van der Waals surface area (Å²) >= 11 is 0. The number of hydrogen-bond donors (Lipinski definition) is 0. The second-order valence-corrected chi connectivity index (χ2v) is 7.69. The normalized spacial score (nSPS) is 16.1. The van der Waals surface area contributed by atoms with Gasteiger partial charge in [0.1, 0.15) is 5.75 Å². The van der Waals surface area contributed by atoms with Crippen LogP contribution in [-0.4, -0.2) is 30.3 Å². The summed E-state index contributed by atoms with van der Waals surface area (Å²) in [6.07, 6.45) is 4.72. The standard InChI is InChI=1S/C23H28N2O2/c1-17-14-20-21(24-27-23(20)15-22(17)26-2)9-8-18-10-12-25(13-11-18)16-19-6-4-3-5-7-19/h3-7,14-15,18H,8-13,16H2,1-2H3. The highest BCUT2D eigenvalue weighted by atomic mass is 16.5. The molecule has 142 valence electrons. The monoisotopic (exact) mass is 364 g/mol. The number of benzene rings is 2. The lowest BCUT2D eigenvalue weighted by Gasteiger charge is -2.31. The van der Waals surface area contributed by atoms with Gasteiger partial charge < -0.3 is 9.26 Å². The van der Waals surface area contributed by atoms with Gasteiger partial charge in [0.2, 0.25) is 0 Å². The molecule has 2 aromatic carbocycles. The average molecular weight is 364 g/mol. The van der Waals surface area contributed by atoms with Crippen LogP contribution in [0.4, 0.5) is 0 Å². The summed E-state index contributed by atoms with van der Waals surface area (Å²) in [6, 6.07) is 14.9. The molecule has 4 rings (SSSR count). The number of rotatable bonds is 6. The van der Waals surface area contributed by atoms with E-state index in [2.05, 4.69) is 53.4 Å². The van der Waals surface area contributed by atoms with Crippen molar-refractivity contribution in [1.29, 1.82) is 0 Å². The van der Waals surface area contributed by atoms with Crippen molar-refractivity contribution in [2.75, 3.05) is 20.2 Å². The van der Waals surface area contributed by atoms with Gasteiger partial charge >= 0.3 is 0 Å². The van der Waals surface area contributed by atoms with Crippen molar-refractivity contribution < 1.29 is 9.26 Å². The highest BCUT2D eigenvalue weighted by molar-refractivity contribution is 5.82. The van der Waals surface area contributed by atoms with Gasteiger partial charge in [0.15, 0.2) is 5.58 Å². The van der Waals surface area contributed by atoms with Gasteiger partial charge in [-0.3, -0.25) is 4.90 Å². The minimum atomic E-state index is 0.781. The molecular weight excluding hydrogens is 336 g/mol. The van der Waals surface area contributed by atoms with Crippen molar-refractivity contribution in [3.05, 3.63) is 59.3 Å². The summed E-state index contributed by atoms with van der Waals surface area (Å²) in [4.78, 5) is 2.58. The van der Waals surface area contributed by atoms with Crippen LogP contribution < -0.4 is 4.74 Å². The molecule has 4 nitrogen and oxygen atoms in total. The summed E-state index contributed by atoms with van der Waals surface area (Å²) < 4.78 is 10.9. The highest BCUT2D eigenvalue weighted by Crippen LogP contribution is 2.30. The predicted molar refractivity (Wildman–Crippen MR) is 108 cm³/mol. The lowest BCUT2D eigenvalue weighted by Crippen LogP contribution is -2.33. The van der Waals surface area contributed by atoms with Crippen molar-refractivity contribution >= 4 is 11.0 Å². The van der Waals surface area contributed by atoms with Crippen LogP contribution in [0.3, 0.4) is 0 Å². The second kappa shape index (κ2) is 8.13. The highest BCUT2D eigenvalue weighted by Gasteiger charge is 2.20. The van der Waals surface area contributed by atoms with E-state index in [1.165, 1.54) is 37.9 Å². The number of fused-ring (bicyclic) bond motifs is 1. The van der Waals surface area contributed by atoms with Crippen LogP contribution in [0.5, 0.6) is 5.75 Å². The van der Waals surface area contributed by atoms with Gasteiger partial charge in [-0.1, -0.05) is 35.5 Å². The van der Waals surface area contributed by atoms with E-state index >= 15 is 0 Å². The number of aryl methyl sites for hydroxylation is 2. The number of nitrogens with zero attached hydrogens (tertiary/aromatic N) is 2. The molecule has 0 aliphatic carbocycles. The summed E-state index contributed by atoms with van der Waals surface area (Å²) in [6.45, 7) is 5.52. The maximum atomic E-state index is 5.53. The first kappa shape index (κ1) is 18.1. The molecule has 0 N–H and O–H groups in total. The minimum absolute atomic E-state index is 0.781. The fourth-order valence-corrected chi connectivity index (χ4v) is 4.14. The van der Waals surface area contributed by atoms with Crippen LogP contribution in [0, 0.1) is 12.8 Å². The Labute approximate surface area is 161 Å². The lowest BCUT2D eigenvalue weighted by molar-refractivity contribution is 0.172. The molecule has 27 heavy (non-hydrogen) atoms. The molecular formula is C23H28N2O2. The Hall–Kier alpha value is -2.33. The van der Waals surface area contributed by atoms with E-state index < -0.39 is 0 Å². The van der Waals surface area contributed by atoms with Crippen molar-refractivity contribution in [1.82, 2.24) is 10.1 Å². The minimum Gasteiger partial charge on any atom is -0.496 e. The molecule has 0 saturated carbocycles. The van der Waals surface area contributed by atoms with E-state index in [1.54, 1.807) is 7.11 Å². The van der Waals surface area contributed by atoms with E-state index in [1.807, 2.05) is 6.07 Å². The average Bonchev–Trinajstić information content (AvgIpc) is 3.09.